The minimum absolute atomic E-state index is 0.255. The third kappa shape index (κ3) is 5.97. The highest BCUT2D eigenvalue weighted by Crippen LogP contribution is 2.34. The van der Waals surface area contributed by atoms with Crippen LogP contribution in [0.1, 0.15) is 24.3 Å². The van der Waals surface area contributed by atoms with Gasteiger partial charge in [0.1, 0.15) is 5.76 Å². The van der Waals surface area contributed by atoms with E-state index in [-0.39, 0.29) is 17.9 Å². The number of esters is 1. The molecule has 0 aliphatic carbocycles. The Kier molecular flexibility index (Phi) is 8.34. The first kappa shape index (κ1) is 25.3. The fourth-order valence-electron chi connectivity index (χ4n) is 3.08. The molecule has 180 valence electrons. The molecule has 1 atom stereocenters. The number of hydrogen-bond donors (Lipinski definition) is 3. The molecule has 0 saturated carbocycles. The van der Waals surface area contributed by atoms with Crippen molar-refractivity contribution >= 4 is 56.0 Å². The summed E-state index contributed by atoms with van der Waals surface area (Å²) < 4.78 is 22.3. The van der Waals surface area contributed by atoms with Crippen LogP contribution in [0.15, 0.2) is 54.2 Å². The van der Waals surface area contributed by atoms with Gasteiger partial charge in [0, 0.05) is 11.8 Å². The van der Waals surface area contributed by atoms with Gasteiger partial charge in [0.05, 0.1) is 36.5 Å². The first-order valence-corrected chi connectivity index (χ1v) is 11.3. The van der Waals surface area contributed by atoms with Crippen LogP contribution >= 0.6 is 31.9 Å². The monoisotopic (exact) mass is 598 g/mol. The molecule has 0 bridgehead atoms. The van der Waals surface area contributed by atoms with Crippen molar-refractivity contribution < 1.29 is 33.0 Å². The quantitative estimate of drug-likeness (QED) is 0.240. The van der Waals surface area contributed by atoms with E-state index >= 15 is 0 Å². The summed E-state index contributed by atoms with van der Waals surface area (Å²) in [4.78, 5) is 36.3. The number of rotatable bonds is 8. The van der Waals surface area contributed by atoms with Crippen LogP contribution in [0.3, 0.4) is 0 Å². The van der Waals surface area contributed by atoms with Crippen LogP contribution in [-0.4, -0.2) is 44.9 Å². The molecular formula is C21H20Br2N4O7. The Morgan fingerprint density at radius 1 is 1.24 bits per heavy atom. The maximum Gasteiger partial charge on any atom is 0.337 e. The number of furan rings is 1. The fraction of sp³-hybridized carbons (Fsp3) is 0.238. The molecule has 2 aromatic rings. The van der Waals surface area contributed by atoms with Crippen molar-refractivity contribution in [2.24, 2.45) is 5.10 Å². The number of nitrogens with zero attached hydrogens (tertiary/aromatic N) is 1. The first-order chi connectivity index (χ1) is 16.2. The molecule has 1 aromatic heterocycles. The smallest absolute Gasteiger partial charge is 0.337 e. The molecule has 1 aliphatic rings. The van der Waals surface area contributed by atoms with Crippen molar-refractivity contribution in [3.63, 3.8) is 0 Å². The van der Waals surface area contributed by atoms with Gasteiger partial charge < -0.3 is 29.3 Å². The van der Waals surface area contributed by atoms with Crippen molar-refractivity contribution in [2.45, 2.75) is 13.0 Å². The second-order valence-electron chi connectivity index (χ2n) is 6.82. The number of methoxy groups -OCH3 is 2. The van der Waals surface area contributed by atoms with Gasteiger partial charge in [-0.05, 0) is 56.5 Å². The third-order valence-corrected chi connectivity index (χ3v) is 6.31. The minimum Gasteiger partial charge on any atom is -0.493 e. The van der Waals surface area contributed by atoms with Crippen LogP contribution in [-0.2, 0) is 14.3 Å². The molecule has 13 heteroatoms. The Morgan fingerprint density at radius 3 is 2.65 bits per heavy atom. The van der Waals surface area contributed by atoms with E-state index in [2.05, 4.69) is 53.0 Å². The predicted molar refractivity (Wildman–Crippen MR) is 127 cm³/mol. The lowest BCUT2D eigenvalue weighted by Gasteiger charge is -2.28. The number of halogens is 2. The molecule has 1 unspecified atom stereocenters. The van der Waals surface area contributed by atoms with Gasteiger partial charge in [0.15, 0.2) is 22.8 Å². The zero-order valence-corrected chi connectivity index (χ0v) is 21.4. The Morgan fingerprint density at radius 2 is 2.00 bits per heavy atom. The number of ether oxygens (including phenoxy) is 3. The van der Waals surface area contributed by atoms with Gasteiger partial charge in [-0.15, -0.1) is 0 Å². The number of allylic oxidation sites excluding steroid dienone is 1. The van der Waals surface area contributed by atoms with E-state index in [1.165, 1.54) is 20.4 Å². The highest BCUT2D eigenvalue weighted by Gasteiger charge is 2.32. The lowest BCUT2D eigenvalue weighted by atomic mass is 9.95. The fourth-order valence-corrected chi connectivity index (χ4v) is 3.69. The average molecular weight is 600 g/mol. The van der Waals surface area contributed by atoms with Crippen LogP contribution in [0.4, 0.5) is 4.79 Å². The molecule has 1 aromatic carbocycles. The molecule has 1 aliphatic heterocycles. The topological polar surface area (TPSA) is 140 Å². The zero-order chi connectivity index (χ0) is 24.8. The molecule has 0 saturated heterocycles. The number of hydrazone groups is 1. The summed E-state index contributed by atoms with van der Waals surface area (Å²) in [6, 6.07) is 5.28. The molecule has 0 radical (unpaired) electrons. The Bertz CT molecular complexity index is 1160. The zero-order valence-electron chi connectivity index (χ0n) is 18.2. The van der Waals surface area contributed by atoms with Crippen molar-refractivity contribution in [1.82, 2.24) is 16.1 Å². The second-order valence-corrected chi connectivity index (χ2v) is 8.40. The number of urea groups is 1. The molecule has 34 heavy (non-hydrogen) atoms. The van der Waals surface area contributed by atoms with E-state index in [9.17, 15) is 14.4 Å². The predicted octanol–water partition coefficient (Wildman–Crippen LogP) is 3.14. The highest BCUT2D eigenvalue weighted by molar-refractivity contribution is 9.13. The van der Waals surface area contributed by atoms with E-state index in [0.717, 1.165) is 0 Å². The number of hydrogen-bond acceptors (Lipinski definition) is 8. The number of amides is 3. The molecule has 0 spiro atoms. The lowest BCUT2D eigenvalue weighted by Crippen LogP contribution is -2.45. The van der Waals surface area contributed by atoms with Crippen LogP contribution in [0, 0.1) is 0 Å². The summed E-state index contributed by atoms with van der Waals surface area (Å²) in [5.74, 6) is -0.0820. The van der Waals surface area contributed by atoms with Gasteiger partial charge in [-0.1, -0.05) is 6.07 Å². The van der Waals surface area contributed by atoms with Crippen molar-refractivity contribution in [1.29, 1.82) is 0 Å². The van der Waals surface area contributed by atoms with Crippen molar-refractivity contribution in [3.05, 3.63) is 56.0 Å². The maximum absolute atomic E-state index is 12.3. The summed E-state index contributed by atoms with van der Waals surface area (Å²) >= 11 is 6.49. The van der Waals surface area contributed by atoms with Gasteiger partial charge in [-0.3, -0.25) is 4.79 Å². The van der Waals surface area contributed by atoms with Gasteiger partial charge in [0.25, 0.3) is 5.91 Å². The standard InChI is InChI=1S/C21H20Br2N4O7/c1-10-17(20(29)32-3)18(26-21(30)25-10)11-4-5-14(15(6-11)31-2)33-9-16(28)27-24-8-12-7-13(22)19(23)34-12/h4-8,18H,9H2,1-3H3,(H,27,28)(H2,25,26,30). The first-order valence-electron chi connectivity index (χ1n) is 9.67. The van der Waals surface area contributed by atoms with E-state index in [4.69, 9.17) is 18.6 Å². The van der Waals surface area contributed by atoms with Crippen molar-refractivity contribution in [3.8, 4) is 11.5 Å². The average Bonchev–Trinajstić information content (AvgIpc) is 3.13. The van der Waals surface area contributed by atoms with Gasteiger partial charge in [-0.25, -0.2) is 15.0 Å². The van der Waals surface area contributed by atoms with Gasteiger partial charge in [-0.2, -0.15) is 5.10 Å². The molecule has 3 rings (SSSR count). The molecule has 11 nitrogen and oxygen atoms in total. The Hall–Kier alpha value is -3.32. The van der Waals surface area contributed by atoms with E-state index in [0.29, 0.717) is 31.9 Å². The summed E-state index contributed by atoms with van der Waals surface area (Å²) in [6.45, 7) is 1.27. The molecular weight excluding hydrogens is 580 g/mol. The Balaban J connectivity index is 1.69. The molecule has 0 fully saturated rings. The third-order valence-electron chi connectivity index (χ3n) is 4.60. The summed E-state index contributed by atoms with van der Waals surface area (Å²) in [5, 5.41) is 9.05. The summed E-state index contributed by atoms with van der Waals surface area (Å²) in [6.07, 6.45) is 1.34. The number of nitrogens with one attached hydrogen (secondary N) is 3. The normalized spacial score (nSPS) is 15.6. The lowest BCUT2D eigenvalue weighted by molar-refractivity contribution is -0.136. The van der Waals surface area contributed by atoms with Crippen LogP contribution in [0.5, 0.6) is 11.5 Å². The van der Waals surface area contributed by atoms with E-state index in [1.54, 1.807) is 31.2 Å². The maximum atomic E-state index is 12.3. The van der Waals surface area contributed by atoms with Crippen LogP contribution in [0.25, 0.3) is 0 Å². The van der Waals surface area contributed by atoms with Gasteiger partial charge >= 0.3 is 12.0 Å². The summed E-state index contributed by atoms with van der Waals surface area (Å²) in [7, 11) is 2.69. The van der Waals surface area contributed by atoms with Crippen molar-refractivity contribution in [2.75, 3.05) is 20.8 Å². The van der Waals surface area contributed by atoms with E-state index in [1.807, 2.05) is 0 Å². The summed E-state index contributed by atoms with van der Waals surface area (Å²) in [5.41, 5.74) is 3.52. The second kappa shape index (κ2) is 11.2. The molecule has 3 N–H and O–H groups in total. The van der Waals surface area contributed by atoms with E-state index < -0.39 is 23.9 Å². The van der Waals surface area contributed by atoms with Crippen LogP contribution < -0.4 is 25.5 Å². The number of carbonyl (C=O) groups is 3. The number of benzene rings is 1. The van der Waals surface area contributed by atoms with Gasteiger partial charge in [0.2, 0.25) is 0 Å². The molecule has 2 heterocycles. The SMILES string of the molecule is COC(=O)C1=C(C)NC(=O)NC1c1ccc(OCC(=O)NN=Cc2cc(Br)c(Br)o2)c(OC)c1. The Labute approximate surface area is 211 Å². The minimum atomic E-state index is -0.761. The number of carbonyl (C=O) groups excluding carboxylic acids is 3. The van der Waals surface area contributed by atoms with Crippen LogP contribution in [0.2, 0.25) is 0 Å². The highest BCUT2D eigenvalue weighted by atomic mass is 79.9. The molecule has 3 amide bonds. The largest absolute Gasteiger partial charge is 0.493 e.